The van der Waals surface area contributed by atoms with Crippen molar-refractivity contribution in [1.29, 1.82) is 0 Å². The summed E-state index contributed by atoms with van der Waals surface area (Å²) in [5.74, 6) is 0. The highest BCUT2D eigenvalue weighted by Crippen LogP contribution is 2.12. The second kappa shape index (κ2) is 6.88. The Balaban J connectivity index is 1.94. The van der Waals surface area contributed by atoms with Gasteiger partial charge < -0.3 is 10.1 Å². The average Bonchev–Trinajstić information content (AvgIpc) is 2.40. The third kappa shape index (κ3) is 3.80. The fourth-order valence-corrected chi connectivity index (χ4v) is 2.32. The van der Waals surface area contributed by atoms with Gasteiger partial charge in [0.2, 0.25) is 0 Å². The predicted molar refractivity (Wildman–Crippen MR) is 74.7 cm³/mol. The Bertz CT molecular complexity index is 350. The predicted octanol–water partition coefficient (Wildman–Crippen LogP) is 1.81. The summed E-state index contributed by atoms with van der Waals surface area (Å²) in [6.07, 6.45) is 0. The topological polar surface area (TPSA) is 24.5 Å². The lowest BCUT2D eigenvalue weighted by Gasteiger charge is -2.35. The largest absolute Gasteiger partial charge is 0.378 e. The van der Waals surface area contributed by atoms with Crippen LogP contribution in [0.5, 0.6) is 0 Å². The van der Waals surface area contributed by atoms with Crippen LogP contribution in [0.1, 0.15) is 18.1 Å². The van der Waals surface area contributed by atoms with Gasteiger partial charge >= 0.3 is 0 Å². The number of benzene rings is 1. The number of likely N-dealkylation sites (N-methyl/N-ethyl adjacent to an activating group) is 1. The van der Waals surface area contributed by atoms with Crippen LogP contribution in [-0.2, 0) is 11.3 Å². The van der Waals surface area contributed by atoms with Gasteiger partial charge in [0.05, 0.1) is 13.2 Å². The van der Waals surface area contributed by atoms with E-state index >= 15 is 0 Å². The number of nitrogens with zero attached hydrogens (tertiary/aromatic N) is 1. The van der Waals surface area contributed by atoms with Crippen LogP contribution < -0.4 is 5.32 Å². The van der Waals surface area contributed by atoms with Crippen LogP contribution in [0.4, 0.5) is 0 Å². The van der Waals surface area contributed by atoms with Crippen molar-refractivity contribution in [2.24, 2.45) is 0 Å². The van der Waals surface area contributed by atoms with Crippen molar-refractivity contribution in [1.82, 2.24) is 10.2 Å². The molecule has 1 aliphatic rings. The SMILES string of the molecule is CCNCC1COCCN1Cc1ccc(C)cc1. The first-order valence-electron chi connectivity index (χ1n) is 6.87. The molecule has 0 bridgehead atoms. The summed E-state index contributed by atoms with van der Waals surface area (Å²) in [7, 11) is 0. The fraction of sp³-hybridized carbons (Fsp3) is 0.600. The first-order chi connectivity index (χ1) is 8.79. The Kier molecular flexibility index (Phi) is 5.17. The molecule has 0 aliphatic carbocycles. The molecule has 0 spiro atoms. The standard InChI is InChI=1S/C15H24N2O/c1-3-16-10-15-12-18-9-8-17(15)11-14-6-4-13(2)5-7-14/h4-7,15-16H,3,8-12H2,1-2H3. The Morgan fingerprint density at radius 1 is 1.33 bits per heavy atom. The van der Waals surface area contributed by atoms with Crippen LogP contribution in [0, 0.1) is 6.92 Å². The Hall–Kier alpha value is -0.900. The lowest BCUT2D eigenvalue weighted by molar-refractivity contribution is -0.0107. The maximum absolute atomic E-state index is 5.58. The molecule has 1 aromatic rings. The van der Waals surface area contributed by atoms with Crippen LogP contribution in [0.25, 0.3) is 0 Å². The van der Waals surface area contributed by atoms with Crippen molar-refractivity contribution >= 4 is 0 Å². The van der Waals surface area contributed by atoms with Crippen LogP contribution in [0.2, 0.25) is 0 Å². The molecule has 3 nitrogen and oxygen atoms in total. The molecule has 1 aromatic carbocycles. The summed E-state index contributed by atoms with van der Waals surface area (Å²) in [5.41, 5.74) is 2.72. The van der Waals surface area contributed by atoms with E-state index in [2.05, 4.69) is 48.3 Å². The zero-order valence-corrected chi connectivity index (χ0v) is 11.5. The number of aryl methyl sites for hydroxylation is 1. The van der Waals surface area contributed by atoms with Gasteiger partial charge in [-0.2, -0.15) is 0 Å². The lowest BCUT2D eigenvalue weighted by Crippen LogP contribution is -2.49. The number of morpholine rings is 1. The molecule has 1 heterocycles. The van der Waals surface area contributed by atoms with Crippen LogP contribution in [0.3, 0.4) is 0 Å². The Morgan fingerprint density at radius 3 is 2.83 bits per heavy atom. The molecule has 1 N–H and O–H groups in total. The Morgan fingerprint density at radius 2 is 2.11 bits per heavy atom. The number of hydrogen-bond acceptors (Lipinski definition) is 3. The molecular weight excluding hydrogens is 224 g/mol. The molecule has 18 heavy (non-hydrogen) atoms. The molecule has 2 rings (SSSR count). The smallest absolute Gasteiger partial charge is 0.0635 e. The van der Waals surface area contributed by atoms with Crippen molar-refractivity contribution in [3.8, 4) is 0 Å². The van der Waals surface area contributed by atoms with Gasteiger partial charge in [-0.25, -0.2) is 0 Å². The van der Waals surface area contributed by atoms with Crippen molar-refractivity contribution in [2.75, 3.05) is 32.8 Å². The van der Waals surface area contributed by atoms with E-state index in [9.17, 15) is 0 Å². The van der Waals surface area contributed by atoms with Crippen molar-refractivity contribution < 1.29 is 4.74 Å². The van der Waals surface area contributed by atoms with E-state index in [4.69, 9.17) is 4.74 Å². The maximum Gasteiger partial charge on any atom is 0.0635 e. The van der Waals surface area contributed by atoms with E-state index in [0.717, 1.165) is 39.4 Å². The Labute approximate surface area is 110 Å². The van der Waals surface area contributed by atoms with Crippen LogP contribution >= 0.6 is 0 Å². The first kappa shape index (κ1) is 13.5. The number of rotatable bonds is 5. The van der Waals surface area contributed by atoms with E-state index in [1.165, 1.54) is 11.1 Å². The molecule has 1 saturated heterocycles. The molecule has 0 amide bonds. The average molecular weight is 248 g/mol. The third-order valence-corrected chi connectivity index (χ3v) is 3.49. The monoisotopic (exact) mass is 248 g/mol. The maximum atomic E-state index is 5.58. The number of nitrogens with one attached hydrogen (secondary N) is 1. The molecule has 1 aliphatic heterocycles. The normalized spacial score (nSPS) is 21.1. The molecule has 1 unspecified atom stereocenters. The first-order valence-corrected chi connectivity index (χ1v) is 6.87. The molecule has 100 valence electrons. The number of hydrogen-bond donors (Lipinski definition) is 1. The highest BCUT2D eigenvalue weighted by molar-refractivity contribution is 5.21. The van der Waals surface area contributed by atoms with Crippen LogP contribution in [-0.4, -0.2) is 43.8 Å². The summed E-state index contributed by atoms with van der Waals surface area (Å²) in [4.78, 5) is 2.52. The van der Waals surface area contributed by atoms with E-state index in [1.807, 2.05) is 0 Å². The molecule has 0 aromatic heterocycles. The van der Waals surface area contributed by atoms with Gasteiger partial charge in [-0.1, -0.05) is 36.8 Å². The quantitative estimate of drug-likeness (QED) is 0.860. The molecule has 3 heteroatoms. The number of ether oxygens (including phenoxy) is 1. The van der Waals surface area contributed by atoms with Gasteiger partial charge in [-0.15, -0.1) is 0 Å². The zero-order valence-electron chi connectivity index (χ0n) is 11.5. The van der Waals surface area contributed by atoms with Gasteiger partial charge in [0.15, 0.2) is 0 Å². The van der Waals surface area contributed by atoms with E-state index in [-0.39, 0.29) is 0 Å². The second-order valence-corrected chi connectivity index (χ2v) is 4.99. The summed E-state index contributed by atoms with van der Waals surface area (Å²) in [6, 6.07) is 9.34. The van der Waals surface area contributed by atoms with Crippen LogP contribution in [0.15, 0.2) is 24.3 Å². The highest BCUT2D eigenvalue weighted by Gasteiger charge is 2.22. The van der Waals surface area contributed by atoms with Gasteiger partial charge in [-0.3, -0.25) is 4.90 Å². The molecule has 0 saturated carbocycles. The molecule has 0 radical (unpaired) electrons. The summed E-state index contributed by atoms with van der Waals surface area (Å²) < 4.78 is 5.58. The summed E-state index contributed by atoms with van der Waals surface area (Å²) in [6.45, 7) is 10.1. The summed E-state index contributed by atoms with van der Waals surface area (Å²) in [5, 5.41) is 3.42. The van der Waals surface area contributed by atoms with Gasteiger partial charge in [0, 0.05) is 25.7 Å². The second-order valence-electron chi connectivity index (χ2n) is 4.99. The van der Waals surface area contributed by atoms with E-state index in [1.54, 1.807) is 0 Å². The van der Waals surface area contributed by atoms with Crippen molar-refractivity contribution in [2.45, 2.75) is 26.4 Å². The zero-order chi connectivity index (χ0) is 12.8. The van der Waals surface area contributed by atoms with E-state index < -0.39 is 0 Å². The molecule has 1 fully saturated rings. The van der Waals surface area contributed by atoms with Gasteiger partial charge in [-0.05, 0) is 19.0 Å². The highest BCUT2D eigenvalue weighted by atomic mass is 16.5. The van der Waals surface area contributed by atoms with E-state index in [0.29, 0.717) is 6.04 Å². The minimum absolute atomic E-state index is 0.500. The molecule has 1 atom stereocenters. The van der Waals surface area contributed by atoms with Gasteiger partial charge in [0.1, 0.15) is 0 Å². The van der Waals surface area contributed by atoms with Gasteiger partial charge in [0.25, 0.3) is 0 Å². The lowest BCUT2D eigenvalue weighted by atomic mass is 10.1. The van der Waals surface area contributed by atoms with Crippen molar-refractivity contribution in [3.63, 3.8) is 0 Å². The third-order valence-electron chi connectivity index (χ3n) is 3.49. The minimum atomic E-state index is 0.500. The fourth-order valence-electron chi connectivity index (χ4n) is 2.32. The minimum Gasteiger partial charge on any atom is -0.378 e. The van der Waals surface area contributed by atoms with Crippen molar-refractivity contribution in [3.05, 3.63) is 35.4 Å². The summed E-state index contributed by atoms with van der Waals surface area (Å²) >= 11 is 0. The molecular formula is C15H24N2O.